The van der Waals surface area contributed by atoms with E-state index in [2.05, 4.69) is 15.5 Å². The molecule has 2 rings (SSSR count). The van der Waals surface area contributed by atoms with Crippen LogP contribution in [0.3, 0.4) is 0 Å². The Bertz CT molecular complexity index is 661. The third kappa shape index (κ3) is 4.33. The van der Waals surface area contributed by atoms with E-state index in [1.807, 2.05) is 6.92 Å². The fraction of sp³-hybridized carbons (Fsp3) is 0.429. The lowest BCUT2D eigenvalue weighted by atomic mass is 9.98. The van der Waals surface area contributed by atoms with Gasteiger partial charge in [0.05, 0.1) is 15.7 Å². The van der Waals surface area contributed by atoms with Gasteiger partial charge in [0.2, 0.25) is 0 Å². The van der Waals surface area contributed by atoms with Gasteiger partial charge in [-0.3, -0.25) is 5.43 Å². The summed E-state index contributed by atoms with van der Waals surface area (Å²) < 4.78 is 38.5. The molecule has 126 valence electrons. The van der Waals surface area contributed by atoms with Gasteiger partial charge in [-0.15, -0.1) is 11.8 Å². The molecule has 0 amide bonds. The minimum Gasteiger partial charge on any atom is -0.297 e. The van der Waals surface area contributed by atoms with Gasteiger partial charge < -0.3 is 0 Å². The van der Waals surface area contributed by atoms with E-state index in [0.717, 1.165) is 0 Å². The highest BCUT2D eigenvalue weighted by Crippen LogP contribution is 2.34. The van der Waals surface area contributed by atoms with Crippen LogP contribution in [0.15, 0.2) is 28.3 Å². The van der Waals surface area contributed by atoms with Gasteiger partial charge in [-0.25, -0.2) is 4.99 Å². The molecular weight excluding hydrogens is 370 g/mol. The maximum absolute atomic E-state index is 12.8. The third-order valence-electron chi connectivity index (χ3n) is 3.17. The van der Waals surface area contributed by atoms with Crippen LogP contribution in [-0.2, 0) is 0 Å². The molecule has 0 aliphatic carbocycles. The number of aliphatic imine (C=N–C) groups is 1. The lowest BCUT2D eigenvalue weighted by Gasteiger charge is -2.25. The van der Waals surface area contributed by atoms with Crippen molar-refractivity contribution < 1.29 is 13.2 Å². The van der Waals surface area contributed by atoms with Crippen LogP contribution in [0.4, 0.5) is 18.9 Å². The van der Waals surface area contributed by atoms with Crippen molar-refractivity contribution in [2.45, 2.75) is 32.0 Å². The quantitative estimate of drug-likeness (QED) is 0.556. The first-order valence-corrected chi connectivity index (χ1v) is 8.48. The van der Waals surface area contributed by atoms with Crippen molar-refractivity contribution in [2.75, 3.05) is 5.75 Å². The van der Waals surface area contributed by atoms with Gasteiger partial charge in [-0.2, -0.15) is 18.3 Å². The summed E-state index contributed by atoms with van der Waals surface area (Å²) in [5.74, 6) is 0.665. The topological polar surface area (TPSA) is 36.8 Å². The molecule has 1 aromatic carbocycles. The molecule has 1 aliphatic heterocycles. The normalized spacial score (nSPS) is 22.0. The van der Waals surface area contributed by atoms with Crippen molar-refractivity contribution >= 4 is 51.4 Å². The van der Waals surface area contributed by atoms with Gasteiger partial charge in [0.1, 0.15) is 16.3 Å². The minimum atomic E-state index is -4.45. The number of alkyl halides is 3. The Kier molecular flexibility index (Phi) is 5.53. The highest BCUT2D eigenvalue weighted by atomic mass is 35.5. The Morgan fingerprint density at radius 1 is 1.39 bits per heavy atom. The Morgan fingerprint density at radius 3 is 2.61 bits per heavy atom. The number of nitrogens with zero attached hydrogens (tertiary/aromatic N) is 2. The zero-order valence-corrected chi connectivity index (χ0v) is 14.7. The fourth-order valence-corrected chi connectivity index (χ4v) is 3.19. The molecule has 0 bridgehead atoms. The van der Waals surface area contributed by atoms with Gasteiger partial charge in [-0.1, -0.05) is 30.1 Å². The average molecular weight is 384 g/mol. The van der Waals surface area contributed by atoms with Gasteiger partial charge in [-0.05, 0) is 30.9 Å². The van der Waals surface area contributed by atoms with Gasteiger partial charge in [0, 0.05) is 6.42 Å². The van der Waals surface area contributed by atoms with Crippen LogP contribution in [0, 0.1) is 0 Å². The monoisotopic (exact) mass is 383 g/mol. The number of hydrazone groups is 1. The number of hydrogen-bond acceptors (Lipinski definition) is 4. The lowest BCUT2D eigenvalue weighted by Crippen LogP contribution is -2.43. The van der Waals surface area contributed by atoms with Crippen LogP contribution in [-0.4, -0.2) is 28.2 Å². The van der Waals surface area contributed by atoms with E-state index in [0.29, 0.717) is 26.5 Å². The van der Waals surface area contributed by atoms with Gasteiger partial charge in [0.25, 0.3) is 0 Å². The number of hydrogen-bond donors (Lipinski definition) is 1. The molecule has 1 heterocycles. The van der Waals surface area contributed by atoms with Crippen LogP contribution in [0.1, 0.15) is 20.3 Å². The Morgan fingerprint density at radius 2 is 2.09 bits per heavy atom. The Hall–Kier alpha value is -0.920. The summed E-state index contributed by atoms with van der Waals surface area (Å²) in [6, 6.07) is 4.83. The zero-order valence-electron chi connectivity index (χ0n) is 12.3. The summed E-state index contributed by atoms with van der Waals surface area (Å²) in [5, 5.41) is 4.68. The molecule has 0 spiro atoms. The van der Waals surface area contributed by atoms with Crippen molar-refractivity contribution in [3.63, 3.8) is 0 Å². The first-order chi connectivity index (χ1) is 10.7. The summed E-state index contributed by atoms with van der Waals surface area (Å²) in [4.78, 5) is 4.45. The molecule has 0 fully saturated rings. The summed E-state index contributed by atoms with van der Waals surface area (Å²) in [7, 11) is 0. The first kappa shape index (κ1) is 18.4. The van der Waals surface area contributed by atoms with Crippen molar-refractivity contribution in [2.24, 2.45) is 10.1 Å². The van der Waals surface area contributed by atoms with E-state index in [-0.39, 0.29) is 6.42 Å². The van der Waals surface area contributed by atoms with Crippen LogP contribution >= 0.6 is 35.0 Å². The van der Waals surface area contributed by atoms with Gasteiger partial charge >= 0.3 is 6.18 Å². The number of thioether (sulfide) groups is 1. The predicted molar refractivity (Wildman–Crippen MR) is 91.3 cm³/mol. The SMILES string of the molecule is CCSC(=Nc1ccc(Cl)c(Cl)c1)C1(C)CC(C(F)(F)F)=NN1. The summed E-state index contributed by atoms with van der Waals surface area (Å²) in [5.41, 5.74) is 1.27. The maximum Gasteiger partial charge on any atom is 0.431 e. The second kappa shape index (κ2) is 6.91. The standard InChI is InChI=1S/C14H14Cl2F3N3S/c1-3-23-12(20-8-4-5-9(15)10(16)6-8)13(2)7-11(21-22-13)14(17,18)19/h4-6,22H,3,7H2,1-2H3. The lowest BCUT2D eigenvalue weighted by molar-refractivity contribution is -0.0601. The number of rotatable bonds is 3. The predicted octanol–water partition coefficient (Wildman–Crippen LogP) is 5.45. The molecule has 0 saturated heterocycles. The van der Waals surface area contributed by atoms with E-state index in [4.69, 9.17) is 23.2 Å². The molecule has 9 heteroatoms. The first-order valence-electron chi connectivity index (χ1n) is 6.73. The van der Waals surface area contributed by atoms with Crippen LogP contribution < -0.4 is 5.43 Å². The summed E-state index contributed by atoms with van der Waals surface area (Å²) in [6.07, 6.45) is -4.72. The van der Waals surface area contributed by atoms with Crippen molar-refractivity contribution in [3.8, 4) is 0 Å². The molecule has 0 aromatic heterocycles. The second-order valence-electron chi connectivity index (χ2n) is 5.13. The van der Waals surface area contributed by atoms with Crippen molar-refractivity contribution in [1.82, 2.24) is 5.43 Å². The van der Waals surface area contributed by atoms with Crippen molar-refractivity contribution in [3.05, 3.63) is 28.2 Å². The third-order valence-corrected chi connectivity index (χ3v) is 5.02. The zero-order chi connectivity index (χ0) is 17.3. The van der Waals surface area contributed by atoms with E-state index in [1.54, 1.807) is 25.1 Å². The molecular formula is C14H14Cl2F3N3S. The largest absolute Gasteiger partial charge is 0.431 e. The number of nitrogens with one attached hydrogen (secondary N) is 1. The molecule has 23 heavy (non-hydrogen) atoms. The van der Waals surface area contributed by atoms with Crippen molar-refractivity contribution in [1.29, 1.82) is 0 Å². The highest BCUT2D eigenvalue weighted by molar-refractivity contribution is 8.14. The summed E-state index contributed by atoms with van der Waals surface area (Å²) in [6.45, 7) is 3.55. The Balaban J connectivity index is 2.31. The Labute approximate surface area is 146 Å². The molecule has 1 atom stereocenters. The molecule has 1 aromatic rings. The molecule has 1 N–H and O–H groups in total. The molecule has 0 radical (unpaired) electrons. The van der Waals surface area contributed by atoms with Crippen LogP contribution in [0.25, 0.3) is 0 Å². The number of halogens is 5. The molecule has 3 nitrogen and oxygen atoms in total. The second-order valence-corrected chi connectivity index (χ2v) is 7.19. The molecule has 1 aliphatic rings. The minimum absolute atomic E-state index is 0.274. The fourth-order valence-electron chi connectivity index (χ4n) is 2.02. The molecule has 1 unspecified atom stereocenters. The maximum atomic E-state index is 12.8. The van der Waals surface area contributed by atoms with E-state index in [1.165, 1.54) is 11.8 Å². The van der Waals surface area contributed by atoms with E-state index >= 15 is 0 Å². The van der Waals surface area contributed by atoms with Crippen LogP contribution in [0.5, 0.6) is 0 Å². The van der Waals surface area contributed by atoms with E-state index < -0.39 is 17.4 Å². The molecule has 0 saturated carbocycles. The summed E-state index contributed by atoms with van der Waals surface area (Å²) >= 11 is 13.2. The average Bonchev–Trinajstić information content (AvgIpc) is 2.86. The number of benzene rings is 1. The highest BCUT2D eigenvalue weighted by Gasteiger charge is 2.46. The van der Waals surface area contributed by atoms with Gasteiger partial charge in [0.15, 0.2) is 0 Å². The van der Waals surface area contributed by atoms with Crippen LogP contribution in [0.2, 0.25) is 10.0 Å². The smallest absolute Gasteiger partial charge is 0.297 e. The van der Waals surface area contributed by atoms with E-state index in [9.17, 15) is 13.2 Å².